The lowest BCUT2D eigenvalue weighted by molar-refractivity contribution is -0.122. The van der Waals surface area contributed by atoms with E-state index in [4.69, 9.17) is 11.6 Å². The molecule has 2 heterocycles. The van der Waals surface area contributed by atoms with E-state index in [1.165, 1.54) is 11.3 Å². The zero-order valence-corrected chi connectivity index (χ0v) is 10.9. The normalized spacial score (nSPS) is 23.9. The first-order valence-electron chi connectivity index (χ1n) is 5.58. The van der Waals surface area contributed by atoms with Crippen molar-refractivity contribution in [1.82, 2.24) is 10.6 Å². The third-order valence-electron chi connectivity index (χ3n) is 2.72. The van der Waals surface area contributed by atoms with Crippen LogP contribution in [0.25, 0.3) is 0 Å². The second-order valence-electron chi connectivity index (χ2n) is 4.10. The van der Waals surface area contributed by atoms with Crippen LogP contribution in [0, 0.1) is 0 Å². The van der Waals surface area contributed by atoms with Crippen molar-refractivity contribution >= 4 is 28.8 Å². The number of carbonyl (C=O) groups is 1. The number of thiophene rings is 1. The van der Waals surface area contributed by atoms with Gasteiger partial charge in [0.15, 0.2) is 0 Å². The highest BCUT2D eigenvalue weighted by molar-refractivity contribution is 7.16. The van der Waals surface area contributed by atoms with Crippen molar-refractivity contribution in [3.8, 4) is 0 Å². The molecule has 0 radical (unpaired) electrons. The number of aliphatic hydroxyl groups excluding tert-OH is 1. The molecule has 1 aliphatic rings. The highest BCUT2D eigenvalue weighted by Gasteiger charge is 2.27. The van der Waals surface area contributed by atoms with Crippen LogP contribution in [0.2, 0.25) is 4.34 Å². The molecule has 3 N–H and O–H groups in total. The lowest BCUT2D eigenvalue weighted by atomic mass is 10.2. The van der Waals surface area contributed by atoms with Crippen molar-refractivity contribution in [3.05, 3.63) is 21.3 Å². The Bertz CT molecular complexity index is 397. The van der Waals surface area contributed by atoms with Gasteiger partial charge in [-0.05, 0) is 25.0 Å². The Morgan fingerprint density at radius 3 is 3.06 bits per heavy atom. The van der Waals surface area contributed by atoms with Crippen LogP contribution in [0.4, 0.5) is 0 Å². The van der Waals surface area contributed by atoms with Crippen molar-refractivity contribution in [3.63, 3.8) is 0 Å². The lowest BCUT2D eigenvalue weighted by Gasteiger charge is -2.10. The maximum atomic E-state index is 11.7. The van der Waals surface area contributed by atoms with Crippen molar-refractivity contribution in [1.29, 1.82) is 0 Å². The Labute approximate surface area is 109 Å². The zero-order chi connectivity index (χ0) is 12.3. The summed E-state index contributed by atoms with van der Waals surface area (Å²) in [6.45, 7) is 1.10. The highest BCUT2D eigenvalue weighted by Crippen LogP contribution is 2.21. The molecule has 2 rings (SSSR count). The summed E-state index contributed by atoms with van der Waals surface area (Å²) in [7, 11) is 0. The molecule has 0 bridgehead atoms. The van der Waals surface area contributed by atoms with Gasteiger partial charge >= 0.3 is 0 Å². The van der Waals surface area contributed by atoms with Crippen molar-refractivity contribution in [2.75, 3.05) is 13.1 Å². The summed E-state index contributed by atoms with van der Waals surface area (Å²) in [4.78, 5) is 12.8. The van der Waals surface area contributed by atoms with Gasteiger partial charge in [0.25, 0.3) is 0 Å². The standard InChI is InChI=1S/C11H15ClN2O2S/c12-10-2-1-8(17-10)3-4-13-11(16)9-5-7(15)6-14-9/h1-2,7,9,14-15H,3-6H2,(H,13,16)/t7-,9+/m0/s1. The zero-order valence-electron chi connectivity index (χ0n) is 9.28. The minimum absolute atomic E-state index is 0.0378. The highest BCUT2D eigenvalue weighted by atomic mass is 35.5. The molecule has 17 heavy (non-hydrogen) atoms. The van der Waals surface area contributed by atoms with Crippen molar-refractivity contribution < 1.29 is 9.90 Å². The van der Waals surface area contributed by atoms with Crippen LogP contribution in [0.1, 0.15) is 11.3 Å². The number of hydrogen-bond donors (Lipinski definition) is 3. The minimum atomic E-state index is -0.401. The Balaban J connectivity index is 1.70. The van der Waals surface area contributed by atoms with Gasteiger partial charge in [0, 0.05) is 18.0 Å². The van der Waals surface area contributed by atoms with Gasteiger partial charge in [0.2, 0.25) is 5.91 Å². The predicted octanol–water partition coefficient (Wildman–Crippen LogP) is 0.783. The first-order valence-corrected chi connectivity index (χ1v) is 6.78. The van der Waals surface area contributed by atoms with Crippen LogP contribution >= 0.6 is 22.9 Å². The number of nitrogens with one attached hydrogen (secondary N) is 2. The van der Waals surface area contributed by atoms with Gasteiger partial charge in [-0.3, -0.25) is 4.79 Å². The van der Waals surface area contributed by atoms with Gasteiger partial charge in [-0.1, -0.05) is 11.6 Å². The third-order valence-corrected chi connectivity index (χ3v) is 4.01. The molecular weight excluding hydrogens is 260 g/mol. The number of amides is 1. The summed E-state index contributed by atoms with van der Waals surface area (Å²) in [5, 5.41) is 15.1. The minimum Gasteiger partial charge on any atom is -0.392 e. The molecule has 0 aromatic carbocycles. The number of hydrogen-bond acceptors (Lipinski definition) is 4. The van der Waals surface area contributed by atoms with Gasteiger partial charge in [-0.2, -0.15) is 0 Å². The van der Waals surface area contributed by atoms with Crippen LogP contribution in [0.5, 0.6) is 0 Å². The van der Waals surface area contributed by atoms with Crippen LogP contribution in [-0.4, -0.2) is 36.2 Å². The quantitative estimate of drug-likeness (QED) is 0.761. The van der Waals surface area contributed by atoms with E-state index in [1.807, 2.05) is 12.1 Å². The van der Waals surface area contributed by atoms with Crippen LogP contribution in [-0.2, 0) is 11.2 Å². The van der Waals surface area contributed by atoms with Gasteiger partial charge in [0.05, 0.1) is 16.5 Å². The molecule has 94 valence electrons. The summed E-state index contributed by atoms with van der Waals surface area (Å²) in [6, 6.07) is 3.58. The molecule has 0 unspecified atom stereocenters. The third kappa shape index (κ3) is 3.67. The SMILES string of the molecule is O=C(NCCc1ccc(Cl)s1)[C@H]1C[C@H](O)CN1. The van der Waals surface area contributed by atoms with E-state index in [9.17, 15) is 9.90 Å². The summed E-state index contributed by atoms with van der Waals surface area (Å²) < 4.78 is 0.770. The molecule has 4 nitrogen and oxygen atoms in total. The predicted molar refractivity (Wildman–Crippen MR) is 68.5 cm³/mol. The molecule has 1 aromatic rings. The average molecular weight is 275 g/mol. The van der Waals surface area contributed by atoms with Crippen molar-refractivity contribution in [2.45, 2.75) is 25.0 Å². The van der Waals surface area contributed by atoms with E-state index in [0.717, 1.165) is 15.6 Å². The molecule has 6 heteroatoms. The fourth-order valence-corrected chi connectivity index (χ4v) is 2.92. The number of aliphatic hydroxyl groups is 1. The van der Waals surface area contributed by atoms with E-state index >= 15 is 0 Å². The number of rotatable bonds is 4. The van der Waals surface area contributed by atoms with Crippen LogP contribution in [0.15, 0.2) is 12.1 Å². The molecule has 1 amide bonds. The Hall–Kier alpha value is -0.620. The second kappa shape index (κ2) is 5.82. The van der Waals surface area contributed by atoms with Gasteiger partial charge in [-0.25, -0.2) is 0 Å². The monoisotopic (exact) mass is 274 g/mol. The molecule has 0 saturated carbocycles. The summed E-state index contributed by atoms with van der Waals surface area (Å²) in [5.74, 6) is -0.0378. The molecule has 1 saturated heterocycles. The van der Waals surface area contributed by atoms with E-state index in [1.54, 1.807) is 0 Å². The van der Waals surface area contributed by atoms with E-state index in [0.29, 0.717) is 19.5 Å². The first kappa shape index (κ1) is 12.8. The topological polar surface area (TPSA) is 61.4 Å². The molecule has 0 aliphatic carbocycles. The average Bonchev–Trinajstić information content (AvgIpc) is 2.88. The smallest absolute Gasteiger partial charge is 0.237 e. The number of carbonyl (C=O) groups excluding carboxylic acids is 1. The Morgan fingerprint density at radius 2 is 2.47 bits per heavy atom. The summed E-state index contributed by atoms with van der Waals surface area (Å²) >= 11 is 7.35. The number of halogens is 1. The molecule has 0 spiro atoms. The van der Waals surface area contributed by atoms with Gasteiger partial charge < -0.3 is 15.7 Å². The Kier molecular flexibility index (Phi) is 4.39. The second-order valence-corrected chi connectivity index (χ2v) is 5.90. The van der Waals surface area contributed by atoms with Gasteiger partial charge in [0.1, 0.15) is 0 Å². The van der Waals surface area contributed by atoms with Gasteiger partial charge in [-0.15, -0.1) is 11.3 Å². The van der Waals surface area contributed by atoms with Crippen LogP contribution in [0.3, 0.4) is 0 Å². The van der Waals surface area contributed by atoms with E-state index in [2.05, 4.69) is 10.6 Å². The molecule has 2 atom stereocenters. The molecule has 1 aromatic heterocycles. The molecular formula is C11H15ClN2O2S. The summed E-state index contributed by atoms with van der Waals surface area (Å²) in [5.41, 5.74) is 0. The fourth-order valence-electron chi connectivity index (χ4n) is 1.83. The largest absolute Gasteiger partial charge is 0.392 e. The fraction of sp³-hybridized carbons (Fsp3) is 0.545. The Morgan fingerprint density at radius 1 is 1.65 bits per heavy atom. The van der Waals surface area contributed by atoms with E-state index < -0.39 is 6.10 Å². The van der Waals surface area contributed by atoms with E-state index in [-0.39, 0.29) is 11.9 Å². The summed E-state index contributed by atoms with van der Waals surface area (Å²) in [6.07, 6.45) is 0.886. The molecule has 1 fully saturated rings. The maximum absolute atomic E-state index is 11.7. The lowest BCUT2D eigenvalue weighted by Crippen LogP contribution is -2.41. The first-order chi connectivity index (χ1) is 8.15. The maximum Gasteiger partial charge on any atom is 0.237 e. The van der Waals surface area contributed by atoms with Crippen molar-refractivity contribution in [2.24, 2.45) is 0 Å². The molecule has 1 aliphatic heterocycles. The van der Waals surface area contributed by atoms with Crippen LogP contribution < -0.4 is 10.6 Å². The number of β-amino-alcohol motifs (C(OH)–C–C–N with tert-alkyl or cyclic N) is 1.